The molecule has 1 aromatic rings. The van der Waals surface area contributed by atoms with Gasteiger partial charge in [0.2, 0.25) is 0 Å². The Morgan fingerprint density at radius 3 is 3.00 bits per heavy atom. The molecule has 0 spiro atoms. The molecule has 0 amide bonds. The normalized spacial score (nSPS) is 12.2. The zero-order valence-electron chi connectivity index (χ0n) is 6.34. The van der Waals surface area contributed by atoms with Crippen LogP contribution in [-0.2, 0) is 7.05 Å². The minimum Gasteiger partial charge on any atom is -0.252 e. The zero-order chi connectivity index (χ0) is 8.27. The summed E-state index contributed by atoms with van der Waals surface area (Å²) < 4.78 is 1.58. The van der Waals surface area contributed by atoms with E-state index < -0.39 is 0 Å². The largest absolute Gasteiger partial charge is 0.252 e. The molecule has 0 saturated carbocycles. The maximum atomic E-state index is 8.13. The highest BCUT2D eigenvalue weighted by Crippen LogP contribution is 2.13. The van der Waals surface area contributed by atoms with E-state index in [1.54, 1.807) is 24.9 Å². The van der Waals surface area contributed by atoms with Gasteiger partial charge in [0, 0.05) is 12.0 Å². The maximum Gasteiger partial charge on any atom is 0.0782 e. The van der Waals surface area contributed by atoms with Crippen LogP contribution in [0.2, 0.25) is 0 Å². The van der Waals surface area contributed by atoms with Gasteiger partial charge in [0.25, 0.3) is 0 Å². The van der Waals surface area contributed by atoms with Gasteiger partial charge in [0.15, 0.2) is 0 Å². The van der Waals surface area contributed by atoms with E-state index in [-0.39, 0.29) is 6.04 Å². The monoisotopic (exact) mass is 152 g/mol. The molecule has 0 aliphatic heterocycles. The van der Waals surface area contributed by atoms with E-state index in [0.717, 1.165) is 5.69 Å². The summed E-state index contributed by atoms with van der Waals surface area (Å²) in [5.41, 5.74) is 8.94. The maximum absolute atomic E-state index is 8.13. The van der Waals surface area contributed by atoms with Gasteiger partial charge in [-0.3, -0.25) is 4.68 Å². The Morgan fingerprint density at radius 2 is 2.55 bits per heavy atom. The molecule has 1 rings (SSSR count). The predicted octanol–water partition coefficient (Wildman–Crippen LogP) is 1.19. The second kappa shape index (κ2) is 3.03. The number of azide groups is 1. The summed E-state index contributed by atoms with van der Waals surface area (Å²) in [5.74, 6) is 0. The van der Waals surface area contributed by atoms with E-state index in [0.29, 0.717) is 0 Å². The lowest BCUT2D eigenvalue weighted by molar-refractivity contribution is 0.635. The lowest BCUT2D eigenvalue weighted by Gasteiger charge is -2.01. The van der Waals surface area contributed by atoms with Crippen molar-refractivity contribution < 1.29 is 0 Å². The molecule has 0 radical (unpaired) electrons. The van der Waals surface area contributed by atoms with Gasteiger partial charge in [-0.1, -0.05) is 17.3 Å². The van der Waals surface area contributed by atoms with Crippen molar-refractivity contribution in [2.24, 2.45) is 12.2 Å². The van der Waals surface area contributed by atoms with Crippen LogP contribution < -0.4 is 0 Å². The number of aromatic nitrogens is 3. The lowest BCUT2D eigenvalue weighted by atomic mass is 10.3. The highest BCUT2D eigenvalue weighted by molar-refractivity contribution is 4.99. The molecule has 58 valence electrons. The van der Waals surface area contributed by atoms with Crippen LogP contribution in [0.4, 0.5) is 0 Å². The third-order valence-corrected chi connectivity index (χ3v) is 1.40. The van der Waals surface area contributed by atoms with Crippen LogP contribution in [0.5, 0.6) is 0 Å². The number of hydrogen-bond donors (Lipinski definition) is 0. The molecule has 6 heteroatoms. The third kappa shape index (κ3) is 1.47. The molecule has 1 unspecified atom stereocenters. The van der Waals surface area contributed by atoms with Crippen molar-refractivity contribution in [2.45, 2.75) is 13.0 Å². The number of nitrogens with zero attached hydrogens (tertiary/aromatic N) is 6. The van der Waals surface area contributed by atoms with E-state index >= 15 is 0 Å². The standard InChI is InChI=1S/C5H8N6/c1-4(8-9-6)5-3-7-10-11(5)2/h3-4H,1-2H3. The molecule has 6 nitrogen and oxygen atoms in total. The summed E-state index contributed by atoms with van der Waals surface area (Å²) in [6, 6.07) is -0.208. The minimum absolute atomic E-state index is 0.208. The van der Waals surface area contributed by atoms with Crippen molar-refractivity contribution in [1.29, 1.82) is 0 Å². The van der Waals surface area contributed by atoms with Crippen molar-refractivity contribution in [2.75, 3.05) is 0 Å². The van der Waals surface area contributed by atoms with Crippen molar-refractivity contribution >= 4 is 0 Å². The molecule has 1 aromatic heterocycles. The highest BCUT2D eigenvalue weighted by Gasteiger charge is 2.06. The first-order valence-corrected chi connectivity index (χ1v) is 3.14. The smallest absolute Gasteiger partial charge is 0.0782 e. The Labute approximate surface area is 63.5 Å². The molecule has 11 heavy (non-hydrogen) atoms. The average molecular weight is 152 g/mol. The van der Waals surface area contributed by atoms with Crippen molar-refractivity contribution in [1.82, 2.24) is 15.0 Å². The molecule has 1 atom stereocenters. The van der Waals surface area contributed by atoms with Crippen LogP contribution >= 0.6 is 0 Å². The average Bonchev–Trinajstić information content (AvgIpc) is 2.36. The summed E-state index contributed by atoms with van der Waals surface area (Å²) in [6.45, 7) is 1.79. The van der Waals surface area contributed by atoms with Crippen LogP contribution in [-0.4, -0.2) is 15.0 Å². The number of aryl methyl sites for hydroxylation is 1. The molecule has 0 bridgehead atoms. The first-order valence-electron chi connectivity index (χ1n) is 3.14. The van der Waals surface area contributed by atoms with E-state index in [1.807, 2.05) is 0 Å². The van der Waals surface area contributed by atoms with Gasteiger partial charge in [-0.25, -0.2) is 0 Å². The first-order chi connectivity index (χ1) is 5.25. The van der Waals surface area contributed by atoms with Gasteiger partial charge in [-0.05, 0) is 5.53 Å². The van der Waals surface area contributed by atoms with Gasteiger partial charge in [0.05, 0.1) is 17.9 Å². The fourth-order valence-corrected chi connectivity index (χ4v) is 0.812. The summed E-state index contributed by atoms with van der Waals surface area (Å²) in [4.78, 5) is 2.69. The molecule has 0 aromatic carbocycles. The van der Waals surface area contributed by atoms with Gasteiger partial charge < -0.3 is 0 Å². The van der Waals surface area contributed by atoms with Gasteiger partial charge >= 0.3 is 0 Å². The van der Waals surface area contributed by atoms with Gasteiger partial charge in [-0.15, -0.1) is 5.10 Å². The first kappa shape index (κ1) is 7.56. The Morgan fingerprint density at radius 1 is 1.82 bits per heavy atom. The molecule has 0 aliphatic rings. The quantitative estimate of drug-likeness (QED) is 0.362. The summed E-state index contributed by atoms with van der Waals surface area (Å²) in [5, 5.41) is 10.9. The molecule has 1 heterocycles. The van der Waals surface area contributed by atoms with Crippen LogP contribution in [0.25, 0.3) is 10.4 Å². The van der Waals surface area contributed by atoms with Crippen LogP contribution in [0, 0.1) is 0 Å². The van der Waals surface area contributed by atoms with Crippen molar-refractivity contribution in [3.8, 4) is 0 Å². The molecular weight excluding hydrogens is 144 g/mol. The minimum atomic E-state index is -0.208. The Bertz CT molecular complexity index is 283. The Hall–Kier alpha value is -1.55. The van der Waals surface area contributed by atoms with Crippen molar-refractivity contribution in [3.63, 3.8) is 0 Å². The fraction of sp³-hybridized carbons (Fsp3) is 0.600. The third-order valence-electron chi connectivity index (χ3n) is 1.40. The van der Waals surface area contributed by atoms with Crippen LogP contribution in [0.15, 0.2) is 11.3 Å². The Balaban J connectivity index is 2.92. The van der Waals surface area contributed by atoms with E-state index in [4.69, 9.17) is 5.53 Å². The lowest BCUT2D eigenvalue weighted by Crippen LogP contribution is -1.99. The summed E-state index contributed by atoms with van der Waals surface area (Å²) in [7, 11) is 1.76. The van der Waals surface area contributed by atoms with Crippen LogP contribution in [0.1, 0.15) is 18.7 Å². The molecule has 0 fully saturated rings. The van der Waals surface area contributed by atoms with Crippen LogP contribution in [0.3, 0.4) is 0 Å². The molecule has 0 N–H and O–H groups in total. The van der Waals surface area contributed by atoms with Gasteiger partial charge in [-0.2, -0.15) is 0 Å². The van der Waals surface area contributed by atoms with E-state index in [9.17, 15) is 0 Å². The fourth-order valence-electron chi connectivity index (χ4n) is 0.812. The van der Waals surface area contributed by atoms with Gasteiger partial charge in [0.1, 0.15) is 0 Å². The SMILES string of the molecule is CC(N=[N+]=[N-])c1cnnn1C. The second-order valence-electron chi connectivity index (χ2n) is 2.16. The van der Waals surface area contributed by atoms with E-state index in [1.165, 1.54) is 0 Å². The summed E-state index contributed by atoms with van der Waals surface area (Å²) in [6.07, 6.45) is 1.58. The van der Waals surface area contributed by atoms with E-state index in [2.05, 4.69) is 20.3 Å². The highest BCUT2D eigenvalue weighted by atomic mass is 15.4. The molecular formula is C5H8N6. The number of rotatable bonds is 2. The topological polar surface area (TPSA) is 79.5 Å². The molecule has 0 saturated heterocycles. The predicted molar refractivity (Wildman–Crippen MR) is 38.6 cm³/mol. The Kier molecular flexibility index (Phi) is 2.08. The second-order valence-corrected chi connectivity index (χ2v) is 2.16. The summed E-state index contributed by atoms with van der Waals surface area (Å²) >= 11 is 0. The van der Waals surface area contributed by atoms with Crippen molar-refractivity contribution in [3.05, 3.63) is 22.3 Å². The zero-order valence-corrected chi connectivity index (χ0v) is 6.34. The molecule has 0 aliphatic carbocycles. The number of hydrogen-bond acceptors (Lipinski definition) is 3.